The van der Waals surface area contributed by atoms with E-state index in [0.29, 0.717) is 5.69 Å². The van der Waals surface area contributed by atoms with Crippen molar-refractivity contribution in [2.75, 3.05) is 5.48 Å². The van der Waals surface area contributed by atoms with Gasteiger partial charge in [-0.3, -0.25) is 0 Å². The Labute approximate surface area is 145 Å². The van der Waals surface area contributed by atoms with Crippen LogP contribution in [0.5, 0.6) is 5.75 Å². The number of halogens is 5. The lowest BCUT2D eigenvalue weighted by molar-refractivity contribution is -0.137. The lowest BCUT2D eigenvalue weighted by Crippen LogP contribution is -2.08. The molecule has 1 N–H and O–H groups in total. The predicted octanol–water partition coefficient (Wildman–Crippen LogP) is 6.57. The molecule has 0 spiro atoms. The van der Waals surface area contributed by atoms with Crippen molar-refractivity contribution in [3.63, 3.8) is 0 Å². The summed E-state index contributed by atoms with van der Waals surface area (Å²) in [7, 11) is 0. The van der Waals surface area contributed by atoms with Crippen LogP contribution in [0.3, 0.4) is 0 Å². The van der Waals surface area contributed by atoms with Gasteiger partial charge < -0.3 is 4.84 Å². The zero-order valence-electron chi connectivity index (χ0n) is 12.0. The zero-order chi connectivity index (χ0) is 17.3. The fourth-order valence-corrected chi connectivity index (χ4v) is 2.75. The second-order valence-corrected chi connectivity index (χ2v) is 5.85. The zero-order valence-corrected chi connectivity index (χ0v) is 13.5. The molecular formula is C17H10Cl2F3NO. The average molecular weight is 372 g/mol. The molecule has 3 rings (SSSR count). The van der Waals surface area contributed by atoms with Gasteiger partial charge in [-0.05, 0) is 35.0 Å². The Kier molecular flexibility index (Phi) is 4.47. The smallest absolute Gasteiger partial charge is 0.379 e. The lowest BCUT2D eigenvalue weighted by atomic mass is 10.1. The first-order valence-corrected chi connectivity index (χ1v) is 7.58. The molecule has 0 bridgehead atoms. The number of benzene rings is 3. The predicted molar refractivity (Wildman–Crippen MR) is 89.7 cm³/mol. The van der Waals surface area contributed by atoms with Crippen LogP contribution in [-0.4, -0.2) is 0 Å². The average Bonchev–Trinajstić information content (AvgIpc) is 2.53. The Balaban J connectivity index is 1.83. The summed E-state index contributed by atoms with van der Waals surface area (Å²) in [5.74, 6) is -0.0699. The Morgan fingerprint density at radius 2 is 1.46 bits per heavy atom. The Hall–Kier alpha value is -2.11. The van der Waals surface area contributed by atoms with Crippen LogP contribution in [0.15, 0.2) is 54.6 Å². The maximum absolute atomic E-state index is 12.7. The molecule has 7 heteroatoms. The normalized spacial score (nSPS) is 11.5. The maximum atomic E-state index is 12.7. The minimum absolute atomic E-state index is 0.0699. The van der Waals surface area contributed by atoms with E-state index in [2.05, 4.69) is 5.48 Å². The Morgan fingerprint density at radius 1 is 0.833 bits per heavy atom. The fourth-order valence-electron chi connectivity index (χ4n) is 2.18. The molecule has 3 aromatic rings. The van der Waals surface area contributed by atoms with Crippen LogP contribution < -0.4 is 10.3 Å². The van der Waals surface area contributed by atoms with Crippen molar-refractivity contribution in [3.05, 3.63) is 70.2 Å². The minimum atomic E-state index is -4.53. The van der Waals surface area contributed by atoms with Gasteiger partial charge in [-0.15, -0.1) is 0 Å². The quantitative estimate of drug-likeness (QED) is 0.525. The molecule has 124 valence electrons. The second-order valence-electron chi connectivity index (χ2n) is 5.03. The molecule has 0 saturated heterocycles. The first-order chi connectivity index (χ1) is 11.3. The van der Waals surface area contributed by atoms with E-state index in [-0.39, 0.29) is 15.8 Å². The summed E-state index contributed by atoms with van der Waals surface area (Å²) in [5.41, 5.74) is 2.32. The van der Waals surface area contributed by atoms with E-state index in [1.54, 1.807) is 6.07 Å². The van der Waals surface area contributed by atoms with Gasteiger partial charge in [0, 0.05) is 0 Å². The highest BCUT2D eigenvalue weighted by molar-refractivity contribution is 6.37. The SMILES string of the molecule is FC(F)(F)c1cc(Cl)c(ONc2ccc3ccccc3c2)c(Cl)c1. The van der Waals surface area contributed by atoms with Crippen molar-refractivity contribution in [2.24, 2.45) is 0 Å². The Morgan fingerprint density at radius 3 is 2.08 bits per heavy atom. The van der Waals surface area contributed by atoms with Crippen LogP contribution in [0, 0.1) is 0 Å². The monoisotopic (exact) mass is 371 g/mol. The van der Waals surface area contributed by atoms with Crippen molar-refractivity contribution < 1.29 is 18.0 Å². The summed E-state index contributed by atoms with van der Waals surface area (Å²) in [6.45, 7) is 0. The molecule has 0 saturated carbocycles. The highest BCUT2D eigenvalue weighted by Gasteiger charge is 2.32. The van der Waals surface area contributed by atoms with E-state index >= 15 is 0 Å². The van der Waals surface area contributed by atoms with Crippen molar-refractivity contribution in [3.8, 4) is 5.75 Å². The van der Waals surface area contributed by atoms with Crippen LogP contribution in [-0.2, 0) is 6.18 Å². The summed E-state index contributed by atoms with van der Waals surface area (Å²) in [5, 5.41) is 1.57. The largest absolute Gasteiger partial charge is 0.416 e. The van der Waals surface area contributed by atoms with E-state index in [1.807, 2.05) is 36.4 Å². The maximum Gasteiger partial charge on any atom is 0.416 e. The highest BCUT2D eigenvalue weighted by atomic mass is 35.5. The van der Waals surface area contributed by atoms with Crippen LogP contribution in [0.1, 0.15) is 5.56 Å². The number of fused-ring (bicyclic) bond motifs is 1. The standard InChI is InChI=1S/C17H10Cl2F3NO/c18-14-8-12(17(20,21)22)9-15(19)16(14)24-23-13-6-5-10-3-1-2-4-11(10)7-13/h1-9,23H. The number of alkyl halides is 3. The summed E-state index contributed by atoms with van der Waals surface area (Å²) < 4.78 is 38.1. The van der Waals surface area contributed by atoms with Crippen LogP contribution >= 0.6 is 23.2 Å². The van der Waals surface area contributed by atoms with Crippen LogP contribution in [0.2, 0.25) is 10.0 Å². The summed E-state index contributed by atoms with van der Waals surface area (Å²) in [6.07, 6.45) is -4.53. The topological polar surface area (TPSA) is 21.3 Å². The summed E-state index contributed by atoms with van der Waals surface area (Å²) >= 11 is 11.7. The van der Waals surface area contributed by atoms with Gasteiger partial charge >= 0.3 is 6.18 Å². The molecule has 0 fully saturated rings. The van der Waals surface area contributed by atoms with Crippen molar-refractivity contribution in [2.45, 2.75) is 6.18 Å². The molecule has 0 radical (unpaired) electrons. The molecule has 0 aliphatic heterocycles. The first-order valence-electron chi connectivity index (χ1n) is 6.82. The third-order valence-corrected chi connectivity index (χ3v) is 3.91. The number of hydrogen-bond donors (Lipinski definition) is 1. The number of rotatable bonds is 3. The van der Waals surface area contributed by atoms with Gasteiger partial charge in [0.1, 0.15) is 0 Å². The van der Waals surface area contributed by atoms with E-state index in [9.17, 15) is 13.2 Å². The van der Waals surface area contributed by atoms with E-state index < -0.39 is 11.7 Å². The summed E-state index contributed by atoms with van der Waals surface area (Å²) in [6, 6.07) is 14.7. The molecule has 0 aliphatic rings. The molecule has 0 aliphatic carbocycles. The lowest BCUT2D eigenvalue weighted by Gasteiger charge is -2.14. The van der Waals surface area contributed by atoms with Crippen molar-refractivity contribution >= 4 is 39.7 Å². The van der Waals surface area contributed by atoms with Gasteiger partial charge in [0.25, 0.3) is 0 Å². The van der Waals surface area contributed by atoms with Crippen LogP contribution in [0.25, 0.3) is 10.8 Å². The van der Waals surface area contributed by atoms with Gasteiger partial charge in [-0.2, -0.15) is 13.2 Å². The number of nitrogens with one attached hydrogen (secondary N) is 1. The van der Waals surface area contributed by atoms with Gasteiger partial charge in [-0.1, -0.05) is 53.5 Å². The molecule has 2 nitrogen and oxygen atoms in total. The Bertz CT molecular complexity index is 873. The number of hydrogen-bond acceptors (Lipinski definition) is 2. The molecule has 3 aromatic carbocycles. The molecule has 0 atom stereocenters. The summed E-state index contributed by atoms with van der Waals surface area (Å²) in [4.78, 5) is 5.29. The molecular weight excluding hydrogens is 362 g/mol. The van der Waals surface area contributed by atoms with E-state index in [4.69, 9.17) is 28.0 Å². The molecule has 0 heterocycles. The third kappa shape index (κ3) is 3.52. The molecule has 0 unspecified atom stereocenters. The first kappa shape index (κ1) is 16.7. The van der Waals surface area contributed by atoms with Crippen molar-refractivity contribution in [1.29, 1.82) is 0 Å². The second kappa shape index (κ2) is 6.42. The van der Waals surface area contributed by atoms with E-state index in [0.717, 1.165) is 22.9 Å². The minimum Gasteiger partial charge on any atom is -0.379 e. The highest BCUT2D eigenvalue weighted by Crippen LogP contribution is 2.39. The van der Waals surface area contributed by atoms with Crippen LogP contribution in [0.4, 0.5) is 18.9 Å². The van der Waals surface area contributed by atoms with Gasteiger partial charge in [0.15, 0.2) is 5.75 Å². The number of anilines is 1. The van der Waals surface area contributed by atoms with Gasteiger partial charge in [0.2, 0.25) is 0 Å². The van der Waals surface area contributed by atoms with Crippen molar-refractivity contribution in [1.82, 2.24) is 0 Å². The van der Waals surface area contributed by atoms with Gasteiger partial charge in [-0.25, -0.2) is 5.48 Å². The molecule has 24 heavy (non-hydrogen) atoms. The third-order valence-electron chi connectivity index (χ3n) is 3.35. The van der Waals surface area contributed by atoms with Gasteiger partial charge in [0.05, 0.1) is 21.3 Å². The fraction of sp³-hybridized carbons (Fsp3) is 0.0588. The molecule has 0 amide bonds. The van der Waals surface area contributed by atoms with E-state index in [1.165, 1.54) is 0 Å². The molecule has 0 aromatic heterocycles.